The number of carbonyl (C=O) groups excluding carboxylic acids is 1. The first kappa shape index (κ1) is 17.2. The standard InChI is InChI=1S/C18H20N4O2S/c1-10-14(9-19-18(25)20-10)17(23)24-16(13-7-5-4-6-8-13)15-11(2)21-22-12(15)3/h4-8,16H,9H2,1-3H3,(H,21,22)(H2,19,20,25). The maximum absolute atomic E-state index is 12.8. The second kappa shape index (κ2) is 7.06. The van der Waals surface area contributed by atoms with Crippen LogP contribution in [0.4, 0.5) is 0 Å². The first-order chi connectivity index (χ1) is 12.0. The fourth-order valence-electron chi connectivity index (χ4n) is 2.86. The monoisotopic (exact) mass is 356 g/mol. The Balaban J connectivity index is 1.95. The van der Waals surface area contributed by atoms with Crippen molar-refractivity contribution in [1.82, 2.24) is 20.8 Å². The van der Waals surface area contributed by atoms with E-state index in [1.807, 2.05) is 51.1 Å². The number of carbonyl (C=O) groups is 1. The molecule has 0 spiro atoms. The highest BCUT2D eigenvalue weighted by Crippen LogP contribution is 2.31. The van der Waals surface area contributed by atoms with Crippen molar-refractivity contribution in [3.8, 4) is 0 Å². The number of ether oxygens (including phenoxy) is 1. The molecule has 3 N–H and O–H groups in total. The molecule has 25 heavy (non-hydrogen) atoms. The molecule has 130 valence electrons. The maximum Gasteiger partial charge on any atom is 0.338 e. The molecule has 6 nitrogen and oxygen atoms in total. The van der Waals surface area contributed by atoms with Crippen LogP contribution in [0.15, 0.2) is 41.6 Å². The van der Waals surface area contributed by atoms with Crippen molar-refractivity contribution >= 4 is 23.3 Å². The number of aromatic amines is 1. The number of aromatic nitrogens is 2. The second-order valence-electron chi connectivity index (χ2n) is 5.95. The summed E-state index contributed by atoms with van der Waals surface area (Å²) in [5.74, 6) is -0.381. The molecule has 1 aromatic carbocycles. The van der Waals surface area contributed by atoms with Crippen molar-refractivity contribution in [3.05, 3.63) is 64.1 Å². The lowest BCUT2D eigenvalue weighted by Gasteiger charge is -2.24. The highest BCUT2D eigenvalue weighted by Gasteiger charge is 2.28. The van der Waals surface area contributed by atoms with Gasteiger partial charge in [0, 0.05) is 17.0 Å². The Labute approximate surface area is 151 Å². The molecule has 0 fully saturated rings. The summed E-state index contributed by atoms with van der Waals surface area (Å²) in [5, 5.41) is 13.6. The van der Waals surface area contributed by atoms with E-state index >= 15 is 0 Å². The molecule has 0 saturated carbocycles. The highest BCUT2D eigenvalue weighted by molar-refractivity contribution is 7.80. The lowest BCUT2D eigenvalue weighted by atomic mass is 9.99. The number of hydrogen-bond acceptors (Lipinski definition) is 4. The molecule has 0 bridgehead atoms. The first-order valence-corrected chi connectivity index (χ1v) is 8.40. The van der Waals surface area contributed by atoms with Gasteiger partial charge in [-0.2, -0.15) is 5.10 Å². The van der Waals surface area contributed by atoms with E-state index in [9.17, 15) is 4.79 Å². The summed E-state index contributed by atoms with van der Waals surface area (Å²) in [7, 11) is 0. The SMILES string of the molecule is CC1=C(C(=O)OC(c2ccccc2)c2c(C)n[nH]c2C)CNC(=S)N1. The Kier molecular flexibility index (Phi) is 4.85. The summed E-state index contributed by atoms with van der Waals surface area (Å²) >= 11 is 5.06. The largest absolute Gasteiger partial charge is 0.449 e. The normalized spacial score (nSPS) is 15.4. The van der Waals surface area contributed by atoms with Crippen molar-refractivity contribution in [2.45, 2.75) is 26.9 Å². The summed E-state index contributed by atoms with van der Waals surface area (Å²) in [4.78, 5) is 12.8. The van der Waals surface area contributed by atoms with Crippen molar-refractivity contribution in [2.75, 3.05) is 6.54 Å². The third kappa shape index (κ3) is 3.56. The minimum Gasteiger partial charge on any atom is -0.449 e. The quantitative estimate of drug-likeness (QED) is 0.577. The fraction of sp³-hybridized carbons (Fsp3) is 0.278. The molecule has 1 unspecified atom stereocenters. The van der Waals surface area contributed by atoms with Gasteiger partial charge in [0.2, 0.25) is 0 Å². The van der Waals surface area contributed by atoms with Crippen LogP contribution in [0, 0.1) is 13.8 Å². The zero-order valence-corrected chi connectivity index (χ0v) is 15.2. The summed E-state index contributed by atoms with van der Waals surface area (Å²) in [6.45, 7) is 5.98. The number of allylic oxidation sites excluding steroid dienone is 1. The highest BCUT2D eigenvalue weighted by atomic mass is 32.1. The summed E-state index contributed by atoms with van der Waals surface area (Å²) < 4.78 is 5.91. The molecular weight excluding hydrogens is 336 g/mol. The number of rotatable bonds is 4. The van der Waals surface area contributed by atoms with Crippen LogP contribution < -0.4 is 10.6 Å². The molecule has 1 atom stereocenters. The molecule has 1 aromatic heterocycles. The van der Waals surface area contributed by atoms with E-state index in [1.165, 1.54) is 0 Å². The lowest BCUT2D eigenvalue weighted by Crippen LogP contribution is -2.43. The van der Waals surface area contributed by atoms with Crippen LogP contribution in [-0.2, 0) is 9.53 Å². The zero-order chi connectivity index (χ0) is 18.0. The van der Waals surface area contributed by atoms with Gasteiger partial charge in [-0.3, -0.25) is 5.10 Å². The van der Waals surface area contributed by atoms with Gasteiger partial charge in [0.25, 0.3) is 0 Å². The van der Waals surface area contributed by atoms with E-state index in [0.717, 1.165) is 22.5 Å². The van der Waals surface area contributed by atoms with Crippen molar-refractivity contribution in [2.24, 2.45) is 0 Å². The number of benzene rings is 1. The number of hydrogen-bond donors (Lipinski definition) is 3. The number of H-pyrrole nitrogens is 1. The summed E-state index contributed by atoms with van der Waals surface area (Å²) in [5.41, 5.74) is 4.71. The number of nitrogens with one attached hydrogen (secondary N) is 3. The van der Waals surface area contributed by atoms with Gasteiger partial charge in [0.05, 0.1) is 17.8 Å². The van der Waals surface area contributed by atoms with Gasteiger partial charge >= 0.3 is 5.97 Å². The van der Waals surface area contributed by atoms with Crippen LogP contribution in [0.3, 0.4) is 0 Å². The van der Waals surface area contributed by atoms with E-state index in [0.29, 0.717) is 22.9 Å². The topological polar surface area (TPSA) is 79.0 Å². The third-order valence-electron chi connectivity index (χ3n) is 4.20. The first-order valence-electron chi connectivity index (χ1n) is 7.99. The molecule has 7 heteroatoms. The number of esters is 1. The van der Waals surface area contributed by atoms with Crippen LogP contribution in [0.5, 0.6) is 0 Å². The molecule has 0 amide bonds. The molecule has 0 aliphatic carbocycles. The van der Waals surface area contributed by atoms with E-state index in [4.69, 9.17) is 17.0 Å². The molecule has 0 saturated heterocycles. The van der Waals surface area contributed by atoms with Crippen molar-refractivity contribution in [3.63, 3.8) is 0 Å². The van der Waals surface area contributed by atoms with E-state index in [-0.39, 0.29) is 5.97 Å². The minimum atomic E-state index is -0.526. The average molecular weight is 356 g/mol. The van der Waals surface area contributed by atoms with E-state index < -0.39 is 6.10 Å². The second-order valence-corrected chi connectivity index (χ2v) is 6.36. The van der Waals surface area contributed by atoms with Crippen LogP contribution in [0.2, 0.25) is 0 Å². The smallest absolute Gasteiger partial charge is 0.338 e. The molecule has 0 radical (unpaired) electrons. The Morgan fingerprint density at radius 3 is 2.56 bits per heavy atom. The molecule has 1 aliphatic rings. The van der Waals surface area contributed by atoms with Gasteiger partial charge in [-0.15, -0.1) is 0 Å². The Bertz CT molecular complexity index is 823. The molecular formula is C18H20N4O2S. The number of thiocarbonyl (C=S) groups is 1. The van der Waals surface area contributed by atoms with Crippen molar-refractivity contribution < 1.29 is 9.53 Å². The number of aryl methyl sites for hydroxylation is 2. The minimum absolute atomic E-state index is 0.349. The van der Waals surface area contributed by atoms with Crippen LogP contribution >= 0.6 is 12.2 Å². The molecule has 1 aliphatic heterocycles. The average Bonchev–Trinajstić information content (AvgIpc) is 2.92. The van der Waals surface area contributed by atoms with Crippen molar-refractivity contribution in [1.29, 1.82) is 0 Å². The van der Waals surface area contributed by atoms with Gasteiger partial charge in [0.15, 0.2) is 11.2 Å². The van der Waals surface area contributed by atoms with Crippen LogP contribution in [-0.4, -0.2) is 27.8 Å². The Hall–Kier alpha value is -2.67. The summed E-state index contributed by atoms with van der Waals surface area (Å²) in [6.07, 6.45) is -0.526. The Morgan fingerprint density at radius 2 is 1.96 bits per heavy atom. The van der Waals surface area contributed by atoms with Gasteiger partial charge < -0.3 is 15.4 Å². The Morgan fingerprint density at radius 1 is 1.24 bits per heavy atom. The maximum atomic E-state index is 12.8. The molecule has 2 heterocycles. The van der Waals surface area contributed by atoms with E-state index in [2.05, 4.69) is 20.8 Å². The van der Waals surface area contributed by atoms with E-state index in [1.54, 1.807) is 0 Å². The third-order valence-corrected chi connectivity index (χ3v) is 4.45. The lowest BCUT2D eigenvalue weighted by molar-refractivity contribution is -0.143. The zero-order valence-electron chi connectivity index (χ0n) is 14.3. The van der Waals surface area contributed by atoms with Gasteiger partial charge in [-0.05, 0) is 38.6 Å². The van der Waals surface area contributed by atoms with Crippen LogP contribution in [0.1, 0.15) is 35.5 Å². The molecule has 2 aromatic rings. The number of nitrogens with zero attached hydrogens (tertiary/aromatic N) is 1. The van der Waals surface area contributed by atoms with Gasteiger partial charge in [-0.25, -0.2) is 4.79 Å². The predicted molar refractivity (Wildman–Crippen MR) is 98.9 cm³/mol. The van der Waals surface area contributed by atoms with Crippen LogP contribution in [0.25, 0.3) is 0 Å². The fourth-order valence-corrected chi connectivity index (χ4v) is 3.09. The summed E-state index contributed by atoms with van der Waals surface area (Å²) in [6, 6.07) is 9.66. The van der Waals surface area contributed by atoms with Gasteiger partial charge in [0.1, 0.15) is 0 Å². The molecule has 3 rings (SSSR count). The predicted octanol–water partition coefficient (Wildman–Crippen LogP) is 2.41. The van der Waals surface area contributed by atoms with Gasteiger partial charge in [-0.1, -0.05) is 30.3 Å².